The van der Waals surface area contributed by atoms with Gasteiger partial charge in [-0.15, -0.1) is 0 Å². The molecule has 2 aromatic carbocycles. The molecule has 0 saturated heterocycles. The Morgan fingerprint density at radius 1 is 1.00 bits per heavy atom. The van der Waals surface area contributed by atoms with Crippen LogP contribution in [0.1, 0.15) is 11.1 Å². The second-order valence-corrected chi connectivity index (χ2v) is 6.52. The summed E-state index contributed by atoms with van der Waals surface area (Å²) in [5.74, 6) is 0.168. The lowest BCUT2D eigenvalue weighted by Gasteiger charge is -2.09. The van der Waals surface area contributed by atoms with E-state index in [9.17, 15) is 5.11 Å². The number of aryl methyl sites for hydroxylation is 2. The zero-order valence-electron chi connectivity index (χ0n) is 13.9. The maximum absolute atomic E-state index is 10.4. The lowest BCUT2D eigenvalue weighted by atomic mass is 10.1. The van der Waals surface area contributed by atoms with Crippen LogP contribution >= 0.6 is 11.6 Å². The van der Waals surface area contributed by atoms with Gasteiger partial charge in [0.1, 0.15) is 5.75 Å². The highest BCUT2D eigenvalue weighted by molar-refractivity contribution is 6.31. The van der Waals surface area contributed by atoms with Gasteiger partial charge >= 0.3 is 0 Å². The van der Waals surface area contributed by atoms with Crippen molar-refractivity contribution in [1.29, 1.82) is 0 Å². The third-order valence-electron chi connectivity index (χ3n) is 4.26. The van der Waals surface area contributed by atoms with Crippen molar-refractivity contribution in [3.63, 3.8) is 0 Å². The molecule has 0 aliphatic heterocycles. The van der Waals surface area contributed by atoms with E-state index in [1.165, 1.54) is 5.56 Å². The van der Waals surface area contributed by atoms with Gasteiger partial charge in [0, 0.05) is 28.4 Å². The lowest BCUT2D eigenvalue weighted by Crippen LogP contribution is -1.96. The third-order valence-corrected chi connectivity index (χ3v) is 4.67. The highest BCUT2D eigenvalue weighted by Crippen LogP contribution is 2.34. The minimum Gasteiger partial charge on any atom is -0.507 e. The molecule has 4 rings (SSSR count). The first-order chi connectivity index (χ1) is 12.0. The van der Waals surface area contributed by atoms with Crippen molar-refractivity contribution in [2.75, 3.05) is 0 Å². The van der Waals surface area contributed by atoms with Crippen LogP contribution in [0.4, 0.5) is 0 Å². The van der Waals surface area contributed by atoms with E-state index in [-0.39, 0.29) is 5.75 Å². The van der Waals surface area contributed by atoms with Gasteiger partial charge in [0.15, 0.2) is 5.65 Å². The molecule has 0 aliphatic carbocycles. The average molecular weight is 350 g/mol. The average Bonchev–Trinajstić information content (AvgIpc) is 3.03. The van der Waals surface area contributed by atoms with Gasteiger partial charge in [-0.3, -0.25) is 0 Å². The van der Waals surface area contributed by atoms with E-state index in [1.54, 1.807) is 22.8 Å². The normalized spacial score (nSPS) is 11.2. The summed E-state index contributed by atoms with van der Waals surface area (Å²) in [5.41, 5.74) is 5.96. The largest absolute Gasteiger partial charge is 0.507 e. The minimum absolute atomic E-state index is 0.168. The zero-order chi connectivity index (χ0) is 17.6. The van der Waals surface area contributed by atoms with Crippen molar-refractivity contribution < 1.29 is 5.11 Å². The summed E-state index contributed by atoms with van der Waals surface area (Å²) in [6, 6.07) is 15.4. The summed E-state index contributed by atoms with van der Waals surface area (Å²) < 4.78 is 1.73. The number of hydrogen-bond donors (Lipinski definition) is 1. The molecule has 5 heteroatoms. The fourth-order valence-electron chi connectivity index (χ4n) is 2.84. The van der Waals surface area contributed by atoms with E-state index >= 15 is 0 Å². The predicted octanol–water partition coefficient (Wildman–Crippen LogP) is 5.04. The first-order valence-corrected chi connectivity index (χ1v) is 8.32. The Morgan fingerprint density at radius 2 is 1.76 bits per heavy atom. The van der Waals surface area contributed by atoms with Crippen molar-refractivity contribution in [3.8, 4) is 28.3 Å². The highest BCUT2D eigenvalue weighted by Gasteiger charge is 2.14. The molecule has 2 heterocycles. The molecular formula is C20H16ClN3O. The molecule has 0 amide bonds. The maximum Gasteiger partial charge on any atom is 0.156 e. The molecule has 25 heavy (non-hydrogen) atoms. The molecule has 0 aliphatic rings. The van der Waals surface area contributed by atoms with Gasteiger partial charge in [0.05, 0.1) is 11.4 Å². The highest BCUT2D eigenvalue weighted by atomic mass is 35.5. The van der Waals surface area contributed by atoms with Crippen molar-refractivity contribution in [2.45, 2.75) is 13.8 Å². The molecule has 124 valence electrons. The van der Waals surface area contributed by atoms with Crippen LogP contribution in [0.3, 0.4) is 0 Å². The van der Waals surface area contributed by atoms with Crippen molar-refractivity contribution >= 4 is 17.2 Å². The number of halogens is 1. The van der Waals surface area contributed by atoms with Crippen LogP contribution in [0.2, 0.25) is 5.02 Å². The Bertz CT molecular complexity index is 1080. The molecule has 4 nitrogen and oxygen atoms in total. The minimum atomic E-state index is 0.168. The molecule has 0 radical (unpaired) electrons. The van der Waals surface area contributed by atoms with E-state index < -0.39 is 0 Å². The maximum atomic E-state index is 10.4. The van der Waals surface area contributed by atoms with Crippen LogP contribution < -0.4 is 0 Å². The van der Waals surface area contributed by atoms with E-state index in [2.05, 4.69) is 29.1 Å². The smallest absolute Gasteiger partial charge is 0.156 e. The van der Waals surface area contributed by atoms with Gasteiger partial charge in [-0.2, -0.15) is 5.10 Å². The summed E-state index contributed by atoms with van der Waals surface area (Å²) in [6.45, 7) is 3.91. The van der Waals surface area contributed by atoms with Gasteiger partial charge in [0.2, 0.25) is 0 Å². The third kappa shape index (κ3) is 2.75. The molecule has 4 aromatic rings. The summed E-state index contributed by atoms with van der Waals surface area (Å²) in [5, 5.41) is 15.6. The molecule has 0 spiro atoms. The Hall–Kier alpha value is -2.85. The van der Waals surface area contributed by atoms with E-state index in [0.717, 1.165) is 22.5 Å². The second-order valence-electron chi connectivity index (χ2n) is 6.11. The topological polar surface area (TPSA) is 50.4 Å². The summed E-state index contributed by atoms with van der Waals surface area (Å²) in [6.07, 6.45) is 1.71. The van der Waals surface area contributed by atoms with Gasteiger partial charge < -0.3 is 5.11 Å². The Kier molecular flexibility index (Phi) is 3.70. The van der Waals surface area contributed by atoms with Crippen molar-refractivity contribution in [1.82, 2.24) is 14.6 Å². The van der Waals surface area contributed by atoms with E-state index in [4.69, 9.17) is 11.6 Å². The Morgan fingerprint density at radius 3 is 2.52 bits per heavy atom. The van der Waals surface area contributed by atoms with Gasteiger partial charge in [-0.05, 0) is 37.6 Å². The number of aromatic hydroxyl groups is 1. The number of hydrogen-bond acceptors (Lipinski definition) is 3. The van der Waals surface area contributed by atoms with E-state index in [0.29, 0.717) is 16.2 Å². The Labute approximate surface area is 150 Å². The van der Waals surface area contributed by atoms with Crippen LogP contribution in [-0.4, -0.2) is 19.7 Å². The lowest BCUT2D eigenvalue weighted by molar-refractivity contribution is 0.476. The number of benzene rings is 2. The number of phenols is 1. The first-order valence-electron chi connectivity index (χ1n) is 7.94. The zero-order valence-corrected chi connectivity index (χ0v) is 14.6. The molecular weight excluding hydrogens is 334 g/mol. The number of aromatic nitrogens is 3. The first kappa shape index (κ1) is 15.7. The summed E-state index contributed by atoms with van der Waals surface area (Å²) in [7, 11) is 0. The van der Waals surface area contributed by atoms with Crippen molar-refractivity contribution in [2.24, 2.45) is 0 Å². The molecule has 0 bridgehead atoms. The standard InChI is InChI=1S/C20H16ClN3O/c1-12-3-5-14(6-4-12)17-11-20-22-8-7-18(24(20)23-17)15-10-16(21)13(2)9-19(15)25/h3-11,25H,1-2H3. The van der Waals surface area contributed by atoms with Crippen LogP contribution in [0.15, 0.2) is 54.7 Å². The number of phenolic OH excluding ortho intramolecular Hbond substituents is 1. The van der Waals surface area contributed by atoms with Gasteiger partial charge in [0.25, 0.3) is 0 Å². The predicted molar refractivity (Wildman–Crippen MR) is 100 cm³/mol. The fourth-order valence-corrected chi connectivity index (χ4v) is 3.00. The molecule has 0 unspecified atom stereocenters. The van der Waals surface area contributed by atoms with Gasteiger partial charge in [-0.25, -0.2) is 9.50 Å². The number of fused-ring (bicyclic) bond motifs is 1. The fraction of sp³-hybridized carbons (Fsp3) is 0.100. The molecule has 0 atom stereocenters. The number of rotatable bonds is 2. The van der Waals surface area contributed by atoms with Gasteiger partial charge in [-0.1, -0.05) is 41.4 Å². The quantitative estimate of drug-likeness (QED) is 0.551. The second kappa shape index (κ2) is 5.90. The van der Waals surface area contributed by atoms with Crippen LogP contribution in [0.5, 0.6) is 5.75 Å². The Balaban J connectivity index is 1.91. The van der Waals surface area contributed by atoms with Crippen LogP contribution in [0, 0.1) is 13.8 Å². The van der Waals surface area contributed by atoms with Crippen molar-refractivity contribution in [3.05, 3.63) is 70.9 Å². The monoisotopic (exact) mass is 349 g/mol. The van der Waals surface area contributed by atoms with Crippen LogP contribution in [-0.2, 0) is 0 Å². The molecule has 0 saturated carbocycles. The number of nitrogens with zero attached hydrogens (tertiary/aromatic N) is 3. The summed E-state index contributed by atoms with van der Waals surface area (Å²) in [4.78, 5) is 4.39. The molecule has 1 N–H and O–H groups in total. The van der Waals surface area contributed by atoms with E-state index in [1.807, 2.05) is 31.2 Å². The molecule has 0 fully saturated rings. The SMILES string of the molecule is Cc1ccc(-c2cc3nccc(-c4cc(Cl)c(C)cc4O)n3n2)cc1. The summed E-state index contributed by atoms with van der Waals surface area (Å²) >= 11 is 6.25. The molecule has 2 aromatic heterocycles. The van der Waals surface area contributed by atoms with Crippen LogP contribution in [0.25, 0.3) is 28.2 Å².